The maximum Gasteiger partial charge on any atom is 0.243 e. The first-order chi connectivity index (χ1) is 9.90. The van der Waals surface area contributed by atoms with Gasteiger partial charge in [-0.15, -0.1) is 0 Å². The van der Waals surface area contributed by atoms with Crippen LogP contribution in [0.4, 0.5) is 0 Å². The van der Waals surface area contributed by atoms with E-state index in [1.54, 1.807) is 6.07 Å². The maximum atomic E-state index is 12.7. The van der Waals surface area contributed by atoms with Gasteiger partial charge >= 0.3 is 0 Å². The highest BCUT2D eigenvalue weighted by molar-refractivity contribution is 7.89. The molecule has 0 spiro atoms. The lowest BCUT2D eigenvalue weighted by Crippen LogP contribution is -2.44. The molecule has 6 nitrogen and oxygen atoms in total. The highest BCUT2D eigenvalue weighted by atomic mass is 32.2. The number of rotatable bonds is 4. The number of methoxy groups -OCH3 is 2. The number of aliphatic hydroxyl groups excluding tert-OH is 1. The van der Waals surface area contributed by atoms with Crippen LogP contribution in [0.3, 0.4) is 0 Å². The molecule has 0 aliphatic carbocycles. The molecule has 2 unspecified atom stereocenters. The predicted octanol–water partition coefficient (Wildman–Crippen LogP) is 1.10. The summed E-state index contributed by atoms with van der Waals surface area (Å²) in [7, 11) is -0.624. The standard InChI is InChI=1S/C14H21NO5S/c1-10-9-15(7-6-12(10)16)21(17,18)11-4-5-13(19-2)14(8-11)20-3/h4-5,8,10,12,16H,6-7,9H2,1-3H3. The van der Waals surface area contributed by atoms with E-state index >= 15 is 0 Å². The Kier molecular flexibility index (Phi) is 4.75. The molecule has 118 valence electrons. The largest absolute Gasteiger partial charge is 0.493 e. The third-order valence-electron chi connectivity index (χ3n) is 3.82. The molecule has 2 rings (SSSR count). The molecule has 0 saturated carbocycles. The number of hydrogen-bond donors (Lipinski definition) is 1. The molecule has 0 aromatic heterocycles. The van der Waals surface area contributed by atoms with Gasteiger partial charge in [0.2, 0.25) is 10.0 Å². The number of benzene rings is 1. The molecule has 1 saturated heterocycles. The molecule has 2 atom stereocenters. The van der Waals surface area contributed by atoms with E-state index in [-0.39, 0.29) is 10.8 Å². The third kappa shape index (κ3) is 3.14. The predicted molar refractivity (Wildman–Crippen MR) is 78.1 cm³/mol. The van der Waals surface area contributed by atoms with Gasteiger partial charge in [-0.1, -0.05) is 6.92 Å². The Morgan fingerprint density at radius 2 is 1.90 bits per heavy atom. The number of ether oxygens (including phenoxy) is 2. The van der Waals surface area contributed by atoms with Crippen LogP contribution in [0.15, 0.2) is 23.1 Å². The third-order valence-corrected chi connectivity index (χ3v) is 5.68. The fraction of sp³-hybridized carbons (Fsp3) is 0.571. The monoisotopic (exact) mass is 315 g/mol. The van der Waals surface area contributed by atoms with Crippen LogP contribution in [-0.2, 0) is 10.0 Å². The molecule has 1 aromatic carbocycles. The van der Waals surface area contributed by atoms with E-state index in [0.717, 1.165) is 0 Å². The lowest BCUT2D eigenvalue weighted by molar-refractivity contribution is 0.0628. The molecular formula is C14H21NO5S. The summed E-state index contributed by atoms with van der Waals surface area (Å²) in [5, 5.41) is 9.72. The number of hydrogen-bond acceptors (Lipinski definition) is 5. The smallest absolute Gasteiger partial charge is 0.243 e. The molecule has 21 heavy (non-hydrogen) atoms. The molecular weight excluding hydrogens is 294 g/mol. The van der Waals surface area contributed by atoms with Crippen LogP contribution in [0.25, 0.3) is 0 Å². The van der Waals surface area contributed by atoms with Gasteiger partial charge in [-0.05, 0) is 24.5 Å². The number of nitrogens with zero attached hydrogens (tertiary/aromatic N) is 1. The van der Waals surface area contributed by atoms with Gasteiger partial charge in [0.25, 0.3) is 0 Å². The second-order valence-corrected chi connectivity index (χ2v) is 7.15. The Labute approximate surface area is 125 Å². The van der Waals surface area contributed by atoms with Crippen LogP contribution < -0.4 is 9.47 Å². The van der Waals surface area contributed by atoms with Crippen molar-refractivity contribution in [1.82, 2.24) is 4.31 Å². The van der Waals surface area contributed by atoms with Gasteiger partial charge in [0, 0.05) is 19.2 Å². The average molecular weight is 315 g/mol. The average Bonchev–Trinajstić information content (AvgIpc) is 2.49. The minimum absolute atomic E-state index is 0.0753. The molecule has 1 N–H and O–H groups in total. The molecule has 0 radical (unpaired) electrons. The minimum Gasteiger partial charge on any atom is -0.493 e. The van der Waals surface area contributed by atoms with Crippen molar-refractivity contribution in [2.45, 2.75) is 24.3 Å². The lowest BCUT2D eigenvalue weighted by atomic mass is 9.99. The van der Waals surface area contributed by atoms with Crippen LogP contribution in [0.1, 0.15) is 13.3 Å². The van der Waals surface area contributed by atoms with Gasteiger partial charge in [-0.25, -0.2) is 8.42 Å². The molecule has 1 aromatic rings. The SMILES string of the molecule is COc1ccc(S(=O)(=O)N2CCC(O)C(C)C2)cc1OC. The fourth-order valence-corrected chi connectivity index (χ4v) is 4.01. The van der Waals surface area contributed by atoms with Gasteiger partial charge in [-0.2, -0.15) is 4.31 Å². The van der Waals surface area contributed by atoms with Crippen LogP contribution in [0.2, 0.25) is 0 Å². The van der Waals surface area contributed by atoms with Crippen molar-refractivity contribution in [3.8, 4) is 11.5 Å². The summed E-state index contributed by atoms with van der Waals surface area (Å²) in [6.07, 6.45) is 0.00934. The first-order valence-corrected chi connectivity index (χ1v) is 8.24. The number of piperidine rings is 1. The second-order valence-electron chi connectivity index (χ2n) is 5.21. The molecule has 0 bridgehead atoms. The van der Waals surface area contributed by atoms with Gasteiger partial charge in [0.05, 0.1) is 25.2 Å². The summed E-state index contributed by atoms with van der Waals surface area (Å²) < 4.78 is 37.0. The first kappa shape index (κ1) is 16.1. The molecule has 1 fully saturated rings. The Balaban J connectivity index is 2.31. The van der Waals surface area contributed by atoms with Crippen LogP contribution in [-0.4, -0.2) is 51.2 Å². The van der Waals surface area contributed by atoms with E-state index in [9.17, 15) is 13.5 Å². The highest BCUT2D eigenvalue weighted by Gasteiger charge is 2.33. The van der Waals surface area contributed by atoms with Crippen molar-refractivity contribution in [3.05, 3.63) is 18.2 Å². The normalized spacial score (nSPS) is 23.8. The van der Waals surface area contributed by atoms with E-state index in [2.05, 4.69) is 0 Å². The molecule has 1 aliphatic heterocycles. The Hall–Kier alpha value is -1.31. The van der Waals surface area contributed by atoms with Gasteiger partial charge in [0.1, 0.15) is 0 Å². The first-order valence-electron chi connectivity index (χ1n) is 6.80. The van der Waals surface area contributed by atoms with Crippen LogP contribution >= 0.6 is 0 Å². The quantitative estimate of drug-likeness (QED) is 0.900. The number of aliphatic hydroxyl groups is 1. The maximum absolute atomic E-state index is 12.7. The van der Waals surface area contributed by atoms with Gasteiger partial charge < -0.3 is 14.6 Å². The Morgan fingerprint density at radius 3 is 2.48 bits per heavy atom. The van der Waals surface area contributed by atoms with Crippen molar-refractivity contribution in [3.63, 3.8) is 0 Å². The molecule has 1 heterocycles. The van der Waals surface area contributed by atoms with Crippen molar-refractivity contribution in [2.75, 3.05) is 27.3 Å². The lowest BCUT2D eigenvalue weighted by Gasteiger charge is -2.33. The second kappa shape index (κ2) is 6.21. The summed E-state index contributed by atoms with van der Waals surface area (Å²) >= 11 is 0. The summed E-state index contributed by atoms with van der Waals surface area (Å²) in [5.41, 5.74) is 0. The minimum atomic E-state index is -3.59. The fourth-order valence-electron chi connectivity index (χ4n) is 2.44. The number of sulfonamides is 1. The highest BCUT2D eigenvalue weighted by Crippen LogP contribution is 2.31. The van der Waals surface area contributed by atoms with E-state index in [1.165, 1.54) is 30.7 Å². The molecule has 0 amide bonds. The zero-order valence-electron chi connectivity index (χ0n) is 12.4. The zero-order valence-corrected chi connectivity index (χ0v) is 13.3. The van der Waals surface area contributed by atoms with Crippen LogP contribution in [0.5, 0.6) is 11.5 Å². The van der Waals surface area contributed by atoms with Crippen LogP contribution in [0, 0.1) is 5.92 Å². The van der Waals surface area contributed by atoms with E-state index < -0.39 is 16.1 Å². The van der Waals surface area contributed by atoms with Crippen molar-refractivity contribution in [2.24, 2.45) is 5.92 Å². The van der Waals surface area contributed by atoms with E-state index in [0.29, 0.717) is 31.0 Å². The molecule has 7 heteroatoms. The Bertz CT molecular complexity index is 601. The van der Waals surface area contributed by atoms with Crippen molar-refractivity contribution < 1.29 is 23.0 Å². The molecule has 1 aliphatic rings. The van der Waals surface area contributed by atoms with Gasteiger partial charge in [0.15, 0.2) is 11.5 Å². The van der Waals surface area contributed by atoms with Crippen molar-refractivity contribution >= 4 is 10.0 Å². The zero-order chi connectivity index (χ0) is 15.6. The summed E-state index contributed by atoms with van der Waals surface area (Å²) in [6.45, 7) is 2.49. The van der Waals surface area contributed by atoms with Gasteiger partial charge in [-0.3, -0.25) is 0 Å². The van der Waals surface area contributed by atoms with Crippen molar-refractivity contribution in [1.29, 1.82) is 0 Å². The summed E-state index contributed by atoms with van der Waals surface area (Å²) in [6, 6.07) is 4.55. The summed E-state index contributed by atoms with van der Waals surface area (Å²) in [4.78, 5) is 0.170. The van der Waals surface area contributed by atoms with E-state index in [4.69, 9.17) is 9.47 Å². The summed E-state index contributed by atoms with van der Waals surface area (Å²) in [5.74, 6) is 0.788. The Morgan fingerprint density at radius 1 is 1.24 bits per heavy atom. The topological polar surface area (TPSA) is 76.1 Å². The van der Waals surface area contributed by atoms with E-state index in [1.807, 2.05) is 6.92 Å².